The lowest BCUT2D eigenvalue weighted by Crippen LogP contribution is -2.48. The fourth-order valence-electron chi connectivity index (χ4n) is 2.32. The van der Waals surface area contributed by atoms with Gasteiger partial charge in [-0.3, -0.25) is 9.63 Å². The van der Waals surface area contributed by atoms with E-state index >= 15 is 0 Å². The van der Waals surface area contributed by atoms with E-state index in [0.29, 0.717) is 26.1 Å². The zero-order valence-electron chi connectivity index (χ0n) is 9.96. The van der Waals surface area contributed by atoms with Crippen LogP contribution >= 0.6 is 0 Å². The van der Waals surface area contributed by atoms with Gasteiger partial charge in [0.25, 0.3) is 5.91 Å². The highest BCUT2D eigenvalue weighted by Gasteiger charge is 2.39. The average Bonchev–Trinajstić information content (AvgIpc) is 2.78. The average molecular weight is 262 g/mol. The standard InChI is InChI=1S/C10H18N2O4S/c1-17(14,15)12-7-4-5-9(12)10(13)11-6-2-3-8-16-11/h9H,2-8H2,1H3. The minimum Gasteiger partial charge on any atom is -0.271 e. The molecule has 2 aliphatic heterocycles. The predicted molar refractivity (Wildman–Crippen MR) is 61.5 cm³/mol. The number of hydrogen-bond acceptors (Lipinski definition) is 4. The number of sulfonamides is 1. The van der Waals surface area contributed by atoms with Crippen molar-refractivity contribution in [2.24, 2.45) is 0 Å². The monoisotopic (exact) mass is 262 g/mol. The number of nitrogens with zero attached hydrogens (tertiary/aromatic N) is 2. The van der Waals surface area contributed by atoms with Crippen molar-refractivity contribution in [1.29, 1.82) is 0 Å². The Bertz CT molecular complexity index is 389. The Labute approximate surface area is 102 Å². The zero-order chi connectivity index (χ0) is 12.5. The molecule has 2 fully saturated rings. The SMILES string of the molecule is CS(=O)(=O)N1CCCC1C(=O)N1CCCCO1. The minimum atomic E-state index is -3.31. The molecule has 1 atom stereocenters. The van der Waals surface area contributed by atoms with Crippen LogP contribution in [0.2, 0.25) is 0 Å². The molecule has 0 bridgehead atoms. The predicted octanol–water partition coefficient (Wildman–Crippen LogP) is -0.0356. The smallest absolute Gasteiger partial charge is 0.264 e. The summed E-state index contributed by atoms with van der Waals surface area (Å²) >= 11 is 0. The van der Waals surface area contributed by atoms with Crippen molar-refractivity contribution in [3.8, 4) is 0 Å². The van der Waals surface area contributed by atoms with E-state index in [2.05, 4.69) is 0 Å². The lowest BCUT2D eigenvalue weighted by atomic mass is 10.2. The molecular weight excluding hydrogens is 244 g/mol. The van der Waals surface area contributed by atoms with Gasteiger partial charge in [-0.1, -0.05) is 0 Å². The van der Waals surface area contributed by atoms with E-state index in [4.69, 9.17) is 4.84 Å². The maximum Gasteiger partial charge on any atom is 0.264 e. The molecule has 0 saturated carbocycles. The molecule has 1 amide bonds. The number of carbonyl (C=O) groups is 1. The van der Waals surface area contributed by atoms with E-state index in [9.17, 15) is 13.2 Å². The lowest BCUT2D eigenvalue weighted by Gasteiger charge is -2.30. The highest BCUT2D eigenvalue weighted by Crippen LogP contribution is 2.23. The summed E-state index contributed by atoms with van der Waals surface area (Å²) in [6.45, 7) is 1.54. The van der Waals surface area contributed by atoms with E-state index in [1.165, 1.54) is 9.37 Å². The number of hydrogen-bond donors (Lipinski definition) is 0. The van der Waals surface area contributed by atoms with Gasteiger partial charge in [-0.2, -0.15) is 4.31 Å². The zero-order valence-corrected chi connectivity index (χ0v) is 10.8. The van der Waals surface area contributed by atoms with Crippen LogP contribution in [0, 0.1) is 0 Å². The minimum absolute atomic E-state index is 0.215. The second-order valence-corrected chi connectivity index (χ2v) is 6.45. The Kier molecular flexibility index (Phi) is 3.70. The molecule has 17 heavy (non-hydrogen) atoms. The van der Waals surface area contributed by atoms with Crippen molar-refractivity contribution in [1.82, 2.24) is 9.37 Å². The van der Waals surface area contributed by atoms with Gasteiger partial charge in [-0.15, -0.1) is 0 Å². The Balaban J connectivity index is 2.07. The summed E-state index contributed by atoms with van der Waals surface area (Å²) in [5, 5.41) is 1.33. The molecule has 0 aromatic carbocycles. The van der Waals surface area contributed by atoms with Crippen LogP contribution in [0.5, 0.6) is 0 Å². The topological polar surface area (TPSA) is 66.9 Å². The third-order valence-electron chi connectivity index (χ3n) is 3.16. The first-order valence-electron chi connectivity index (χ1n) is 5.91. The van der Waals surface area contributed by atoms with Crippen LogP contribution in [0.3, 0.4) is 0 Å². The second-order valence-electron chi connectivity index (χ2n) is 4.51. The van der Waals surface area contributed by atoms with Crippen LogP contribution in [0.4, 0.5) is 0 Å². The summed E-state index contributed by atoms with van der Waals surface area (Å²) in [4.78, 5) is 17.4. The summed E-state index contributed by atoms with van der Waals surface area (Å²) in [7, 11) is -3.31. The molecule has 0 aromatic heterocycles. The van der Waals surface area contributed by atoms with Gasteiger partial charge in [0.15, 0.2) is 0 Å². The van der Waals surface area contributed by atoms with Gasteiger partial charge in [0, 0.05) is 13.1 Å². The van der Waals surface area contributed by atoms with Gasteiger partial charge in [0.05, 0.1) is 12.9 Å². The van der Waals surface area contributed by atoms with Gasteiger partial charge in [0.1, 0.15) is 6.04 Å². The Morgan fingerprint density at radius 1 is 1.24 bits per heavy atom. The quantitative estimate of drug-likeness (QED) is 0.700. The van der Waals surface area contributed by atoms with Crippen LogP contribution in [-0.4, -0.2) is 55.7 Å². The van der Waals surface area contributed by atoms with E-state index < -0.39 is 16.1 Å². The molecule has 98 valence electrons. The van der Waals surface area contributed by atoms with Gasteiger partial charge in [0.2, 0.25) is 10.0 Å². The van der Waals surface area contributed by atoms with E-state index in [0.717, 1.165) is 25.5 Å². The molecule has 7 heteroatoms. The normalized spacial score (nSPS) is 27.4. The fourth-order valence-corrected chi connectivity index (χ4v) is 3.44. The molecule has 0 spiro atoms. The first-order chi connectivity index (χ1) is 8.00. The number of hydroxylamine groups is 2. The molecule has 0 aliphatic carbocycles. The van der Waals surface area contributed by atoms with E-state index in [1.807, 2.05) is 0 Å². The molecule has 2 aliphatic rings. The molecule has 0 radical (unpaired) electrons. The van der Waals surface area contributed by atoms with E-state index in [-0.39, 0.29) is 5.91 Å². The number of carbonyl (C=O) groups excluding carboxylic acids is 1. The van der Waals surface area contributed by atoms with Crippen molar-refractivity contribution >= 4 is 15.9 Å². The summed E-state index contributed by atoms with van der Waals surface area (Å²) in [6, 6.07) is -0.567. The molecular formula is C10H18N2O4S. The highest BCUT2D eigenvalue weighted by atomic mass is 32.2. The van der Waals surface area contributed by atoms with Gasteiger partial charge >= 0.3 is 0 Å². The van der Waals surface area contributed by atoms with Crippen molar-refractivity contribution in [3.05, 3.63) is 0 Å². The summed E-state index contributed by atoms with van der Waals surface area (Å²) < 4.78 is 24.4. The Hall–Kier alpha value is -0.660. The van der Waals surface area contributed by atoms with Gasteiger partial charge < -0.3 is 0 Å². The third-order valence-corrected chi connectivity index (χ3v) is 4.45. The maximum absolute atomic E-state index is 12.2. The summed E-state index contributed by atoms with van der Waals surface area (Å²) in [5.74, 6) is -0.215. The first kappa shape index (κ1) is 12.8. The van der Waals surface area contributed by atoms with Crippen LogP contribution in [0.1, 0.15) is 25.7 Å². The second kappa shape index (κ2) is 4.91. The van der Waals surface area contributed by atoms with Crippen molar-refractivity contribution < 1.29 is 18.0 Å². The first-order valence-corrected chi connectivity index (χ1v) is 7.76. The van der Waals surface area contributed by atoms with Crippen LogP contribution in [0.25, 0.3) is 0 Å². The number of amides is 1. The lowest BCUT2D eigenvalue weighted by molar-refractivity contribution is -0.200. The largest absolute Gasteiger partial charge is 0.271 e. The molecule has 0 N–H and O–H groups in total. The van der Waals surface area contributed by atoms with Crippen LogP contribution in [0.15, 0.2) is 0 Å². The highest BCUT2D eigenvalue weighted by molar-refractivity contribution is 7.88. The molecule has 2 heterocycles. The molecule has 2 rings (SSSR count). The number of rotatable bonds is 2. The Morgan fingerprint density at radius 3 is 2.59 bits per heavy atom. The third kappa shape index (κ3) is 2.78. The van der Waals surface area contributed by atoms with E-state index in [1.54, 1.807) is 0 Å². The maximum atomic E-state index is 12.2. The van der Waals surface area contributed by atoms with Crippen molar-refractivity contribution in [2.45, 2.75) is 31.7 Å². The fraction of sp³-hybridized carbons (Fsp3) is 0.900. The Morgan fingerprint density at radius 2 is 2.00 bits per heavy atom. The summed E-state index contributed by atoms with van der Waals surface area (Å²) in [5.41, 5.74) is 0. The van der Waals surface area contributed by atoms with Gasteiger partial charge in [-0.25, -0.2) is 13.5 Å². The molecule has 2 saturated heterocycles. The molecule has 6 nitrogen and oxygen atoms in total. The molecule has 0 aromatic rings. The van der Waals surface area contributed by atoms with Crippen LogP contribution in [-0.2, 0) is 19.7 Å². The van der Waals surface area contributed by atoms with Crippen molar-refractivity contribution in [2.75, 3.05) is 26.0 Å². The van der Waals surface area contributed by atoms with Crippen molar-refractivity contribution in [3.63, 3.8) is 0 Å². The molecule has 1 unspecified atom stereocenters. The van der Waals surface area contributed by atoms with Gasteiger partial charge in [-0.05, 0) is 25.7 Å². The summed E-state index contributed by atoms with van der Waals surface area (Å²) in [6.07, 6.45) is 4.33. The van der Waals surface area contributed by atoms with Crippen LogP contribution < -0.4 is 0 Å².